The minimum Gasteiger partial charge on any atom is -0.505 e. The molecule has 2 aromatic rings. The van der Waals surface area contributed by atoms with Gasteiger partial charge in [0.25, 0.3) is 0 Å². The molecule has 0 unspecified atom stereocenters. The van der Waals surface area contributed by atoms with E-state index >= 15 is 0 Å². The Morgan fingerprint density at radius 1 is 0.885 bits per heavy atom. The topological polar surface area (TPSA) is 40.5 Å². The molecule has 2 aromatic carbocycles. The largest absolute Gasteiger partial charge is 0.505 e. The Balaban J connectivity index is 2.31. The molecule has 0 heterocycles. The van der Waals surface area contributed by atoms with Crippen LogP contribution in [-0.2, 0) is 6.42 Å². The van der Waals surface area contributed by atoms with Gasteiger partial charge in [0.2, 0.25) is 0 Å². The average Bonchev–Trinajstić information content (AvgIpc) is 2.67. The molecule has 0 amide bonds. The summed E-state index contributed by atoms with van der Waals surface area (Å²) in [4.78, 5) is 15.2. The molecule has 0 saturated carbocycles. The number of aryl methyl sites for hydroxylation is 1. The van der Waals surface area contributed by atoms with E-state index in [1.165, 1.54) is 19.3 Å². The van der Waals surface area contributed by atoms with Gasteiger partial charge >= 0.3 is 0 Å². The Kier molecular flexibility index (Phi) is 7.71. The molecule has 0 aliphatic heterocycles. The fourth-order valence-corrected chi connectivity index (χ4v) is 3.38. The van der Waals surface area contributed by atoms with Gasteiger partial charge in [-0.2, -0.15) is 0 Å². The van der Waals surface area contributed by atoms with Gasteiger partial charge in [-0.25, -0.2) is 0 Å². The highest BCUT2D eigenvalue weighted by molar-refractivity contribution is 6.12. The number of phenolic OH excluding ortho intramolecular Hbond substituents is 1. The number of rotatable bonds is 10. The summed E-state index contributed by atoms with van der Waals surface area (Å²) >= 11 is 0. The molecule has 0 aromatic heterocycles. The lowest BCUT2D eigenvalue weighted by Gasteiger charge is -2.23. The van der Waals surface area contributed by atoms with Crippen LogP contribution in [0.2, 0.25) is 0 Å². The smallest absolute Gasteiger partial charge is 0.197 e. The summed E-state index contributed by atoms with van der Waals surface area (Å²) in [5.41, 5.74) is 2.88. The van der Waals surface area contributed by atoms with Gasteiger partial charge in [0.1, 0.15) is 5.75 Å². The van der Waals surface area contributed by atoms with Gasteiger partial charge in [-0.3, -0.25) is 4.79 Å². The van der Waals surface area contributed by atoms with Crippen LogP contribution in [0.15, 0.2) is 42.5 Å². The van der Waals surface area contributed by atoms with Crippen molar-refractivity contribution >= 4 is 11.5 Å². The van der Waals surface area contributed by atoms with Crippen LogP contribution in [0.3, 0.4) is 0 Å². The first-order chi connectivity index (χ1) is 12.6. The number of aromatic hydroxyl groups is 1. The molecule has 0 aliphatic rings. The second-order valence-corrected chi connectivity index (χ2v) is 6.64. The third kappa shape index (κ3) is 4.66. The van der Waals surface area contributed by atoms with Crippen LogP contribution < -0.4 is 4.90 Å². The molecule has 26 heavy (non-hydrogen) atoms. The van der Waals surface area contributed by atoms with Gasteiger partial charge in [0, 0.05) is 18.7 Å². The Morgan fingerprint density at radius 3 is 2.27 bits per heavy atom. The Morgan fingerprint density at radius 2 is 1.58 bits per heavy atom. The summed E-state index contributed by atoms with van der Waals surface area (Å²) in [7, 11) is 0. The standard InChI is InChI=1S/C23H31NO2/c1-4-7-8-9-13-18-14-10-11-15-19(18)22(25)20-16-12-17-21(23(20)26)24(5-2)6-3/h10-12,14-17,26H,4-9,13H2,1-3H3. The van der Waals surface area contributed by atoms with E-state index in [9.17, 15) is 9.90 Å². The molecular formula is C23H31NO2. The van der Waals surface area contributed by atoms with Crippen LogP contribution in [0.5, 0.6) is 5.75 Å². The average molecular weight is 354 g/mol. The molecule has 0 spiro atoms. The number of hydrogen-bond acceptors (Lipinski definition) is 3. The molecule has 3 heteroatoms. The number of carbonyl (C=O) groups excluding carboxylic acids is 1. The van der Waals surface area contributed by atoms with Crippen molar-refractivity contribution in [2.45, 2.75) is 52.9 Å². The Bertz CT molecular complexity index is 720. The lowest BCUT2D eigenvalue weighted by Crippen LogP contribution is -2.22. The van der Waals surface area contributed by atoms with Crippen LogP contribution in [-0.4, -0.2) is 24.0 Å². The van der Waals surface area contributed by atoms with Crippen molar-refractivity contribution < 1.29 is 9.90 Å². The van der Waals surface area contributed by atoms with E-state index in [2.05, 4.69) is 11.8 Å². The maximum absolute atomic E-state index is 13.1. The SMILES string of the molecule is CCCCCCc1ccccc1C(=O)c1cccc(N(CC)CC)c1O. The van der Waals surface area contributed by atoms with Crippen molar-refractivity contribution in [1.82, 2.24) is 0 Å². The first-order valence-electron chi connectivity index (χ1n) is 9.83. The predicted molar refractivity (Wildman–Crippen MR) is 109 cm³/mol. The molecule has 2 rings (SSSR count). The third-order valence-electron chi connectivity index (χ3n) is 4.93. The number of anilines is 1. The number of benzene rings is 2. The molecule has 3 nitrogen and oxygen atoms in total. The van der Waals surface area contributed by atoms with E-state index in [1.807, 2.05) is 50.2 Å². The lowest BCUT2D eigenvalue weighted by atomic mass is 9.94. The van der Waals surface area contributed by atoms with E-state index in [0.29, 0.717) is 11.1 Å². The summed E-state index contributed by atoms with van der Waals surface area (Å²) in [6.45, 7) is 7.86. The molecule has 0 fully saturated rings. The summed E-state index contributed by atoms with van der Waals surface area (Å²) in [6.07, 6.45) is 5.60. The van der Waals surface area contributed by atoms with Crippen molar-refractivity contribution in [1.29, 1.82) is 0 Å². The molecule has 0 saturated heterocycles. The minimum atomic E-state index is -0.0948. The number of nitrogens with zero attached hydrogens (tertiary/aromatic N) is 1. The molecule has 140 valence electrons. The maximum Gasteiger partial charge on any atom is 0.197 e. The summed E-state index contributed by atoms with van der Waals surface area (Å²) < 4.78 is 0. The van der Waals surface area contributed by atoms with Crippen LogP contribution in [0.25, 0.3) is 0 Å². The van der Waals surface area contributed by atoms with Crippen LogP contribution >= 0.6 is 0 Å². The highest BCUT2D eigenvalue weighted by Crippen LogP contribution is 2.32. The van der Waals surface area contributed by atoms with Crippen molar-refractivity contribution in [2.24, 2.45) is 0 Å². The first kappa shape index (κ1) is 20.0. The number of hydrogen-bond donors (Lipinski definition) is 1. The molecule has 0 aliphatic carbocycles. The van der Waals surface area contributed by atoms with Gasteiger partial charge in [-0.1, -0.05) is 56.5 Å². The second-order valence-electron chi connectivity index (χ2n) is 6.64. The fraction of sp³-hybridized carbons (Fsp3) is 0.435. The van der Waals surface area contributed by atoms with Crippen molar-refractivity contribution in [3.05, 3.63) is 59.2 Å². The summed E-state index contributed by atoms with van der Waals surface area (Å²) in [5.74, 6) is -0.00964. The quantitative estimate of drug-likeness (QED) is 0.447. The van der Waals surface area contributed by atoms with Gasteiger partial charge in [0.05, 0.1) is 11.3 Å². The second kappa shape index (κ2) is 10.0. The van der Waals surface area contributed by atoms with Gasteiger partial charge < -0.3 is 10.0 Å². The number of carbonyl (C=O) groups is 1. The fourth-order valence-electron chi connectivity index (χ4n) is 3.38. The van der Waals surface area contributed by atoms with E-state index in [1.54, 1.807) is 6.07 Å². The zero-order valence-electron chi connectivity index (χ0n) is 16.3. The zero-order valence-corrected chi connectivity index (χ0v) is 16.3. The molecule has 1 N–H and O–H groups in total. The van der Waals surface area contributed by atoms with E-state index < -0.39 is 0 Å². The molecular weight excluding hydrogens is 322 g/mol. The van der Waals surface area contributed by atoms with E-state index in [-0.39, 0.29) is 11.5 Å². The Labute approximate surface area is 157 Å². The number of para-hydroxylation sites is 1. The summed E-state index contributed by atoms with van der Waals surface area (Å²) in [6, 6.07) is 13.2. The Hall–Kier alpha value is -2.29. The lowest BCUT2D eigenvalue weighted by molar-refractivity contribution is 0.103. The van der Waals surface area contributed by atoms with E-state index in [0.717, 1.165) is 37.2 Å². The highest BCUT2D eigenvalue weighted by Gasteiger charge is 2.20. The van der Waals surface area contributed by atoms with Crippen LogP contribution in [0.1, 0.15) is 67.9 Å². The normalized spacial score (nSPS) is 10.7. The van der Waals surface area contributed by atoms with Crippen LogP contribution in [0.4, 0.5) is 5.69 Å². The van der Waals surface area contributed by atoms with Gasteiger partial charge in [-0.15, -0.1) is 0 Å². The van der Waals surface area contributed by atoms with E-state index in [4.69, 9.17) is 0 Å². The summed E-state index contributed by atoms with van der Waals surface area (Å²) in [5, 5.41) is 10.7. The number of phenols is 1. The molecule has 0 radical (unpaired) electrons. The molecule has 0 atom stereocenters. The predicted octanol–water partition coefficient (Wildman–Crippen LogP) is 5.59. The molecule has 0 bridgehead atoms. The number of unbranched alkanes of at least 4 members (excludes halogenated alkanes) is 3. The van der Waals surface area contributed by atoms with Gasteiger partial charge in [-0.05, 0) is 44.4 Å². The van der Waals surface area contributed by atoms with Crippen LogP contribution in [0, 0.1) is 0 Å². The van der Waals surface area contributed by atoms with Crippen molar-refractivity contribution in [2.75, 3.05) is 18.0 Å². The van der Waals surface area contributed by atoms with Crippen molar-refractivity contribution in [3.8, 4) is 5.75 Å². The zero-order chi connectivity index (χ0) is 18.9. The third-order valence-corrected chi connectivity index (χ3v) is 4.93. The first-order valence-corrected chi connectivity index (χ1v) is 9.83. The number of ketones is 1. The minimum absolute atomic E-state index is 0.0852. The maximum atomic E-state index is 13.1. The monoisotopic (exact) mass is 353 g/mol. The van der Waals surface area contributed by atoms with Gasteiger partial charge in [0.15, 0.2) is 5.78 Å². The van der Waals surface area contributed by atoms with Crippen molar-refractivity contribution in [3.63, 3.8) is 0 Å². The highest BCUT2D eigenvalue weighted by atomic mass is 16.3.